The van der Waals surface area contributed by atoms with Crippen molar-refractivity contribution in [3.8, 4) is 5.75 Å². The van der Waals surface area contributed by atoms with Crippen LogP contribution in [-0.2, 0) is 13.2 Å². The second-order valence-corrected chi connectivity index (χ2v) is 8.21. The topological polar surface area (TPSA) is 56.2 Å². The lowest BCUT2D eigenvalue weighted by Gasteiger charge is -2.10. The average Bonchev–Trinajstić information content (AvgIpc) is 3.26. The van der Waals surface area contributed by atoms with Gasteiger partial charge in [-0.25, -0.2) is 8.78 Å². The average molecular weight is 534 g/mol. The van der Waals surface area contributed by atoms with Crippen LogP contribution >= 0.6 is 15.9 Å². The van der Waals surface area contributed by atoms with Gasteiger partial charge in [0.05, 0.1) is 18.4 Å². The Morgan fingerprint density at radius 1 is 0.941 bits per heavy atom. The Morgan fingerprint density at radius 3 is 2.21 bits per heavy atom. The number of rotatable bonds is 7. The van der Waals surface area contributed by atoms with E-state index in [9.17, 15) is 22.4 Å². The molecule has 0 saturated heterocycles. The highest BCUT2D eigenvalue weighted by molar-refractivity contribution is 9.10. The first-order valence-corrected chi connectivity index (χ1v) is 10.7. The molecule has 0 spiro atoms. The zero-order valence-corrected chi connectivity index (χ0v) is 19.0. The molecule has 0 fully saturated rings. The molecule has 0 unspecified atom stereocenters. The number of hydrogen-bond donors (Lipinski definition) is 1. The van der Waals surface area contributed by atoms with E-state index in [2.05, 4.69) is 26.3 Å². The molecule has 0 aliphatic carbocycles. The van der Waals surface area contributed by atoms with Gasteiger partial charge in [-0.1, -0.05) is 40.2 Å². The van der Waals surface area contributed by atoms with Crippen LogP contribution in [0.25, 0.3) is 0 Å². The summed E-state index contributed by atoms with van der Waals surface area (Å²) >= 11 is 3.38. The van der Waals surface area contributed by atoms with Crippen LogP contribution in [0.4, 0.5) is 23.2 Å². The number of nitrogens with zero attached hydrogens (tertiary/aromatic N) is 2. The van der Waals surface area contributed by atoms with E-state index < -0.39 is 29.0 Å². The molecule has 4 rings (SSSR count). The summed E-state index contributed by atoms with van der Waals surface area (Å²) in [5.74, 6) is -7.87. The monoisotopic (exact) mass is 533 g/mol. The van der Waals surface area contributed by atoms with Crippen molar-refractivity contribution < 1.29 is 27.1 Å². The van der Waals surface area contributed by atoms with E-state index in [-0.39, 0.29) is 18.6 Å². The van der Waals surface area contributed by atoms with Crippen LogP contribution in [0.2, 0.25) is 0 Å². The maximum atomic E-state index is 13.7. The standard InChI is InChI=1S/C24H16BrF4N3O2/c25-17-7-3-14(4-8-17)11-32-12-18(10-30-32)31-24(33)16-5-1-15(2-6-16)13-34-23-21(28)19(26)9-20(27)22(23)29/h1-10,12H,11,13H2,(H,31,33). The molecule has 174 valence electrons. The van der Waals surface area contributed by atoms with Gasteiger partial charge in [-0.05, 0) is 35.4 Å². The first kappa shape index (κ1) is 23.5. The van der Waals surface area contributed by atoms with Gasteiger partial charge in [-0.15, -0.1) is 0 Å². The quantitative estimate of drug-likeness (QED) is 0.231. The lowest BCUT2D eigenvalue weighted by molar-refractivity contribution is 0.102. The normalized spacial score (nSPS) is 10.9. The molecule has 0 radical (unpaired) electrons. The molecule has 5 nitrogen and oxygen atoms in total. The van der Waals surface area contributed by atoms with E-state index in [0.29, 0.717) is 23.4 Å². The van der Waals surface area contributed by atoms with Crippen molar-refractivity contribution in [3.63, 3.8) is 0 Å². The molecule has 34 heavy (non-hydrogen) atoms. The van der Waals surface area contributed by atoms with Crippen LogP contribution in [0.5, 0.6) is 5.75 Å². The van der Waals surface area contributed by atoms with Crippen LogP contribution in [0.15, 0.2) is 71.5 Å². The largest absolute Gasteiger partial charge is 0.483 e. The first-order valence-electron chi connectivity index (χ1n) is 9.93. The molecule has 3 aromatic carbocycles. The fraction of sp³-hybridized carbons (Fsp3) is 0.0833. The fourth-order valence-electron chi connectivity index (χ4n) is 3.08. The predicted molar refractivity (Wildman–Crippen MR) is 120 cm³/mol. The number of benzene rings is 3. The number of amides is 1. The van der Waals surface area contributed by atoms with E-state index in [1.807, 2.05) is 24.3 Å². The Balaban J connectivity index is 1.36. The summed E-state index contributed by atoms with van der Waals surface area (Å²) in [6, 6.07) is 13.9. The van der Waals surface area contributed by atoms with Crippen molar-refractivity contribution in [2.24, 2.45) is 0 Å². The number of ether oxygens (including phenoxy) is 1. The minimum atomic E-state index is -1.62. The smallest absolute Gasteiger partial charge is 0.255 e. The number of carbonyl (C=O) groups is 1. The molecule has 4 aromatic rings. The number of carbonyl (C=O) groups excluding carboxylic acids is 1. The number of hydrogen-bond acceptors (Lipinski definition) is 3. The molecular weight excluding hydrogens is 518 g/mol. The van der Waals surface area contributed by atoms with E-state index in [0.717, 1.165) is 10.0 Å². The third-order valence-corrected chi connectivity index (χ3v) is 5.35. The molecule has 0 atom stereocenters. The molecule has 0 aliphatic heterocycles. The Labute approximate surface area is 200 Å². The lowest BCUT2D eigenvalue weighted by atomic mass is 10.1. The maximum absolute atomic E-state index is 13.7. The van der Waals surface area contributed by atoms with Gasteiger partial charge in [0.25, 0.3) is 5.91 Å². The summed E-state index contributed by atoms with van der Waals surface area (Å²) in [5, 5.41) is 6.97. The van der Waals surface area contributed by atoms with Crippen molar-refractivity contribution in [3.05, 3.63) is 111 Å². The molecule has 0 aliphatic rings. The molecule has 1 N–H and O–H groups in total. The Bertz CT molecular complexity index is 1300. The van der Waals surface area contributed by atoms with Gasteiger partial charge >= 0.3 is 0 Å². The molecule has 1 heterocycles. The molecule has 0 saturated carbocycles. The maximum Gasteiger partial charge on any atom is 0.255 e. The van der Waals surface area contributed by atoms with E-state index in [4.69, 9.17) is 4.74 Å². The Hall–Kier alpha value is -3.66. The third-order valence-electron chi connectivity index (χ3n) is 4.82. The highest BCUT2D eigenvalue weighted by atomic mass is 79.9. The van der Waals surface area contributed by atoms with Crippen molar-refractivity contribution in [1.29, 1.82) is 0 Å². The van der Waals surface area contributed by atoms with Crippen molar-refractivity contribution in [1.82, 2.24) is 9.78 Å². The highest BCUT2D eigenvalue weighted by Crippen LogP contribution is 2.27. The fourth-order valence-corrected chi connectivity index (χ4v) is 3.34. The molecule has 1 amide bonds. The lowest BCUT2D eigenvalue weighted by Crippen LogP contribution is -2.11. The molecular formula is C24H16BrF4N3O2. The minimum Gasteiger partial charge on any atom is -0.483 e. The molecule has 0 bridgehead atoms. The number of halogens is 5. The Morgan fingerprint density at radius 2 is 1.56 bits per heavy atom. The van der Waals surface area contributed by atoms with E-state index in [1.165, 1.54) is 30.5 Å². The molecule has 10 heteroatoms. The van der Waals surface area contributed by atoms with E-state index in [1.54, 1.807) is 10.9 Å². The van der Waals surface area contributed by atoms with Gasteiger partial charge in [0.15, 0.2) is 17.4 Å². The summed E-state index contributed by atoms with van der Waals surface area (Å²) < 4.78 is 61.5. The van der Waals surface area contributed by atoms with Gasteiger partial charge in [0.2, 0.25) is 11.6 Å². The van der Waals surface area contributed by atoms with Crippen LogP contribution in [0.3, 0.4) is 0 Å². The summed E-state index contributed by atoms with van der Waals surface area (Å²) in [4.78, 5) is 12.5. The summed E-state index contributed by atoms with van der Waals surface area (Å²) in [5.41, 5.74) is 2.30. The van der Waals surface area contributed by atoms with Gasteiger partial charge in [0.1, 0.15) is 6.61 Å². The van der Waals surface area contributed by atoms with Gasteiger partial charge < -0.3 is 10.1 Å². The summed E-state index contributed by atoms with van der Waals surface area (Å²) in [6.07, 6.45) is 3.23. The van der Waals surface area contributed by atoms with Crippen molar-refractivity contribution in [2.75, 3.05) is 5.32 Å². The van der Waals surface area contributed by atoms with Crippen molar-refractivity contribution >= 4 is 27.5 Å². The zero-order chi connectivity index (χ0) is 24.2. The van der Waals surface area contributed by atoms with Crippen LogP contribution < -0.4 is 10.1 Å². The van der Waals surface area contributed by atoms with E-state index >= 15 is 0 Å². The number of aromatic nitrogens is 2. The number of nitrogens with one attached hydrogen (secondary N) is 1. The van der Waals surface area contributed by atoms with Gasteiger partial charge in [0, 0.05) is 22.3 Å². The van der Waals surface area contributed by atoms with Crippen LogP contribution in [-0.4, -0.2) is 15.7 Å². The number of anilines is 1. The summed E-state index contributed by atoms with van der Waals surface area (Å²) in [6.45, 7) is 0.176. The minimum absolute atomic E-state index is 0.107. The predicted octanol–water partition coefficient (Wildman–Crippen LogP) is 6.08. The third kappa shape index (κ3) is 5.45. The zero-order valence-electron chi connectivity index (χ0n) is 17.4. The van der Waals surface area contributed by atoms with Crippen molar-refractivity contribution in [2.45, 2.75) is 13.2 Å². The highest BCUT2D eigenvalue weighted by Gasteiger charge is 2.20. The first-order chi connectivity index (χ1) is 16.3. The second kappa shape index (κ2) is 10.1. The van der Waals surface area contributed by atoms with Crippen LogP contribution in [0.1, 0.15) is 21.5 Å². The Kier molecular flexibility index (Phi) is 6.97. The summed E-state index contributed by atoms with van der Waals surface area (Å²) in [7, 11) is 0. The SMILES string of the molecule is O=C(Nc1cnn(Cc2ccc(Br)cc2)c1)c1ccc(COc2c(F)c(F)cc(F)c2F)cc1. The van der Waals surface area contributed by atoms with Crippen LogP contribution in [0, 0.1) is 23.3 Å². The van der Waals surface area contributed by atoms with Gasteiger partial charge in [-0.2, -0.15) is 13.9 Å². The molecule has 1 aromatic heterocycles. The van der Waals surface area contributed by atoms with Gasteiger partial charge in [-0.3, -0.25) is 9.48 Å². The second-order valence-electron chi connectivity index (χ2n) is 7.29.